The van der Waals surface area contributed by atoms with E-state index in [-0.39, 0.29) is 0 Å². The maximum Gasteiger partial charge on any atom is 0.340 e. The van der Waals surface area contributed by atoms with E-state index in [2.05, 4.69) is 15.1 Å². The number of imidazole rings is 1. The van der Waals surface area contributed by atoms with E-state index in [4.69, 9.17) is 4.74 Å². The minimum atomic E-state index is -0.390. The van der Waals surface area contributed by atoms with Gasteiger partial charge in [-0.05, 0) is 26.0 Å². The Morgan fingerprint density at radius 1 is 1.33 bits per heavy atom. The minimum Gasteiger partial charge on any atom is -0.465 e. The average molecular weight is 284 g/mol. The molecule has 0 bridgehead atoms. The van der Waals surface area contributed by atoms with E-state index in [0.717, 1.165) is 22.5 Å². The molecular weight excluding hydrogens is 268 g/mol. The summed E-state index contributed by atoms with van der Waals surface area (Å²) in [6, 6.07) is 5.40. The first-order valence-electron chi connectivity index (χ1n) is 6.60. The zero-order valence-corrected chi connectivity index (χ0v) is 12.4. The molecule has 0 radical (unpaired) electrons. The van der Waals surface area contributed by atoms with Crippen molar-refractivity contribution in [3.05, 3.63) is 35.2 Å². The number of rotatable bonds is 2. The Morgan fingerprint density at radius 2 is 2.10 bits per heavy atom. The Bertz CT molecular complexity index is 845. The van der Waals surface area contributed by atoms with Gasteiger partial charge in [-0.2, -0.15) is 5.10 Å². The van der Waals surface area contributed by atoms with Crippen LogP contribution in [0.5, 0.6) is 0 Å². The lowest BCUT2D eigenvalue weighted by molar-refractivity contribution is 0.0603. The lowest BCUT2D eigenvalue weighted by atomic mass is 10.2. The molecule has 2 heterocycles. The maximum absolute atomic E-state index is 11.8. The lowest BCUT2D eigenvalue weighted by Gasteiger charge is -1.98. The van der Waals surface area contributed by atoms with Crippen molar-refractivity contribution in [1.82, 2.24) is 19.7 Å². The smallest absolute Gasteiger partial charge is 0.340 e. The molecule has 3 aromatic rings. The van der Waals surface area contributed by atoms with Crippen LogP contribution in [0.4, 0.5) is 0 Å². The highest BCUT2D eigenvalue weighted by Crippen LogP contribution is 2.27. The second-order valence-electron chi connectivity index (χ2n) is 4.95. The molecule has 0 amide bonds. The highest BCUT2D eigenvalue weighted by Gasteiger charge is 2.18. The number of methoxy groups -OCH3 is 1. The van der Waals surface area contributed by atoms with E-state index in [1.807, 2.05) is 31.6 Å². The summed E-state index contributed by atoms with van der Waals surface area (Å²) >= 11 is 0. The normalized spacial score (nSPS) is 11.0. The molecule has 1 N–H and O–H groups in total. The van der Waals surface area contributed by atoms with Crippen LogP contribution in [0.1, 0.15) is 21.7 Å². The van der Waals surface area contributed by atoms with Crippen LogP contribution in [0.3, 0.4) is 0 Å². The molecule has 0 saturated heterocycles. The van der Waals surface area contributed by atoms with Crippen molar-refractivity contribution in [2.24, 2.45) is 7.05 Å². The number of fused-ring (bicyclic) bond motifs is 1. The third-order valence-electron chi connectivity index (χ3n) is 3.66. The first-order chi connectivity index (χ1) is 10.0. The number of aryl methyl sites for hydroxylation is 2. The van der Waals surface area contributed by atoms with Gasteiger partial charge in [-0.1, -0.05) is 6.07 Å². The average Bonchev–Trinajstić information content (AvgIpc) is 2.99. The molecule has 3 rings (SSSR count). The summed E-state index contributed by atoms with van der Waals surface area (Å²) in [4.78, 5) is 19.6. The topological polar surface area (TPSA) is 72.8 Å². The van der Waals surface area contributed by atoms with Gasteiger partial charge in [0.15, 0.2) is 0 Å². The van der Waals surface area contributed by atoms with Crippen LogP contribution in [0, 0.1) is 13.8 Å². The van der Waals surface area contributed by atoms with Gasteiger partial charge in [0.1, 0.15) is 11.3 Å². The molecule has 0 spiro atoms. The number of carbonyl (C=O) groups excluding carboxylic acids is 1. The van der Waals surface area contributed by atoms with E-state index in [0.29, 0.717) is 16.9 Å². The number of carbonyl (C=O) groups is 1. The van der Waals surface area contributed by atoms with E-state index < -0.39 is 5.97 Å². The predicted molar refractivity (Wildman–Crippen MR) is 79.1 cm³/mol. The second kappa shape index (κ2) is 4.73. The van der Waals surface area contributed by atoms with Gasteiger partial charge in [-0.25, -0.2) is 9.78 Å². The molecule has 6 nitrogen and oxygen atoms in total. The molecule has 0 fully saturated rings. The summed E-state index contributed by atoms with van der Waals surface area (Å²) in [5.41, 5.74) is 4.75. The van der Waals surface area contributed by atoms with Crippen molar-refractivity contribution in [2.45, 2.75) is 13.8 Å². The molecule has 2 aromatic heterocycles. The summed E-state index contributed by atoms with van der Waals surface area (Å²) in [6.07, 6.45) is 0. The number of nitrogens with one attached hydrogen (secondary N) is 1. The first-order valence-corrected chi connectivity index (χ1v) is 6.60. The number of esters is 1. The number of H-pyrrole nitrogens is 1. The third-order valence-corrected chi connectivity index (χ3v) is 3.66. The quantitative estimate of drug-likeness (QED) is 0.733. The minimum absolute atomic E-state index is 0.390. The number of aromatic amines is 1. The SMILES string of the molecule is COC(=O)c1cccc2[nH]c(-c3c(C)nn(C)c3C)nc12. The highest BCUT2D eigenvalue weighted by atomic mass is 16.5. The number of ether oxygens (including phenoxy) is 1. The number of aromatic nitrogens is 4. The van der Waals surface area contributed by atoms with E-state index in [1.54, 1.807) is 12.1 Å². The number of benzene rings is 1. The molecule has 108 valence electrons. The zero-order valence-electron chi connectivity index (χ0n) is 12.4. The Labute approximate surface area is 121 Å². The summed E-state index contributed by atoms with van der Waals surface area (Å²) in [6.45, 7) is 3.93. The van der Waals surface area contributed by atoms with Crippen LogP contribution in [0.25, 0.3) is 22.4 Å². The van der Waals surface area contributed by atoms with Gasteiger partial charge in [0.2, 0.25) is 0 Å². The number of hydrogen-bond acceptors (Lipinski definition) is 4. The predicted octanol–water partition coefficient (Wildman–Crippen LogP) is 2.37. The van der Waals surface area contributed by atoms with Crippen LogP contribution in [-0.2, 0) is 11.8 Å². The summed E-state index contributed by atoms with van der Waals surface area (Å²) < 4.78 is 6.62. The fraction of sp³-hybridized carbons (Fsp3) is 0.267. The van der Waals surface area contributed by atoms with Crippen molar-refractivity contribution < 1.29 is 9.53 Å². The van der Waals surface area contributed by atoms with E-state index in [1.165, 1.54) is 7.11 Å². The van der Waals surface area contributed by atoms with E-state index in [9.17, 15) is 4.79 Å². The summed E-state index contributed by atoms with van der Waals surface area (Å²) in [5, 5.41) is 4.40. The molecule has 6 heteroatoms. The van der Waals surface area contributed by atoms with Gasteiger partial charge in [0.05, 0.1) is 29.4 Å². The number of para-hydroxylation sites is 1. The summed E-state index contributed by atoms with van der Waals surface area (Å²) in [5.74, 6) is 0.322. The Kier molecular flexibility index (Phi) is 3.01. The van der Waals surface area contributed by atoms with Crippen LogP contribution in [0.15, 0.2) is 18.2 Å². The fourth-order valence-electron chi connectivity index (χ4n) is 2.54. The zero-order chi connectivity index (χ0) is 15.1. The lowest BCUT2D eigenvalue weighted by Crippen LogP contribution is -2.01. The van der Waals surface area contributed by atoms with Crippen molar-refractivity contribution >= 4 is 17.0 Å². The van der Waals surface area contributed by atoms with Crippen molar-refractivity contribution in [2.75, 3.05) is 7.11 Å². The number of nitrogens with zero attached hydrogens (tertiary/aromatic N) is 3. The molecule has 0 unspecified atom stereocenters. The molecule has 1 aromatic carbocycles. The molecule has 21 heavy (non-hydrogen) atoms. The molecule has 0 saturated carbocycles. The fourth-order valence-corrected chi connectivity index (χ4v) is 2.54. The molecule has 0 aliphatic heterocycles. The number of hydrogen-bond donors (Lipinski definition) is 1. The van der Waals surface area contributed by atoms with Crippen molar-refractivity contribution in [3.8, 4) is 11.4 Å². The van der Waals surface area contributed by atoms with Gasteiger partial charge < -0.3 is 9.72 Å². The molecular formula is C15H16N4O2. The standard InChI is InChI=1S/C15H16N4O2/c1-8-12(9(2)19(3)18-8)14-16-11-7-5-6-10(13(11)17-14)15(20)21-4/h5-7H,1-4H3,(H,16,17). The van der Waals surface area contributed by atoms with Gasteiger partial charge in [0, 0.05) is 12.7 Å². The van der Waals surface area contributed by atoms with Gasteiger partial charge in [-0.3, -0.25) is 4.68 Å². The third kappa shape index (κ3) is 1.99. The van der Waals surface area contributed by atoms with Gasteiger partial charge >= 0.3 is 5.97 Å². The largest absolute Gasteiger partial charge is 0.465 e. The van der Waals surface area contributed by atoms with Gasteiger partial charge in [-0.15, -0.1) is 0 Å². The van der Waals surface area contributed by atoms with Crippen molar-refractivity contribution in [1.29, 1.82) is 0 Å². The maximum atomic E-state index is 11.8. The van der Waals surface area contributed by atoms with Crippen LogP contribution in [0.2, 0.25) is 0 Å². The highest BCUT2D eigenvalue weighted by molar-refractivity contribution is 6.02. The van der Waals surface area contributed by atoms with Gasteiger partial charge in [0.25, 0.3) is 0 Å². The van der Waals surface area contributed by atoms with Crippen LogP contribution >= 0.6 is 0 Å². The Hall–Kier alpha value is -2.63. The van der Waals surface area contributed by atoms with Crippen molar-refractivity contribution in [3.63, 3.8) is 0 Å². The molecule has 0 aliphatic carbocycles. The first kappa shape index (κ1) is 13.4. The summed E-state index contributed by atoms with van der Waals surface area (Å²) in [7, 11) is 3.26. The molecule has 0 aliphatic rings. The molecule has 0 atom stereocenters. The van der Waals surface area contributed by atoms with Crippen LogP contribution < -0.4 is 0 Å². The Balaban J connectivity index is 2.24. The monoisotopic (exact) mass is 284 g/mol. The Morgan fingerprint density at radius 3 is 2.71 bits per heavy atom. The van der Waals surface area contributed by atoms with E-state index >= 15 is 0 Å². The second-order valence-corrected chi connectivity index (χ2v) is 4.95. The van der Waals surface area contributed by atoms with Crippen LogP contribution in [-0.4, -0.2) is 32.8 Å².